The Morgan fingerprint density at radius 3 is 2.90 bits per heavy atom. The molecule has 1 aromatic carbocycles. The Morgan fingerprint density at radius 1 is 1.29 bits per heavy atom. The molecule has 1 aliphatic heterocycles. The highest BCUT2D eigenvalue weighted by atomic mass is 19.1. The first-order valence-electron chi connectivity index (χ1n) is 7.03. The van der Waals surface area contributed by atoms with Crippen LogP contribution in [0.5, 0.6) is 0 Å². The number of rotatable bonds is 4. The van der Waals surface area contributed by atoms with Crippen LogP contribution in [0.1, 0.15) is 30.2 Å². The summed E-state index contributed by atoms with van der Waals surface area (Å²) in [4.78, 5) is 11.7. The molecule has 5 heteroatoms. The number of hydrogen-bond acceptors (Lipinski definition) is 3. The molecule has 0 aliphatic carbocycles. The number of nitrogens with one attached hydrogen (secondary N) is 2. The van der Waals surface area contributed by atoms with Crippen LogP contribution in [0.25, 0.3) is 0 Å². The van der Waals surface area contributed by atoms with Gasteiger partial charge >= 0.3 is 0 Å². The second kappa shape index (κ2) is 6.10. The van der Waals surface area contributed by atoms with Gasteiger partial charge in [-0.25, -0.2) is 4.39 Å². The predicted octanol–water partition coefficient (Wildman–Crippen LogP) is 2.53. The van der Waals surface area contributed by atoms with Crippen LogP contribution in [-0.4, -0.2) is 11.9 Å². The standard InChI is InChI=1S/C16H17FN2O2/c17-13-6-2-1-5-12(13)16-14(7-8-15(20)19-16)18-10-11-4-3-9-21-11/h1-6,9,14,16,18H,7-8,10H2,(H,19,20)/t14-,16+/m1/s1. The topological polar surface area (TPSA) is 54.3 Å². The Morgan fingerprint density at radius 2 is 2.14 bits per heavy atom. The van der Waals surface area contributed by atoms with E-state index >= 15 is 0 Å². The number of benzene rings is 1. The fourth-order valence-corrected chi connectivity index (χ4v) is 2.69. The second-order valence-corrected chi connectivity index (χ2v) is 5.17. The van der Waals surface area contributed by atoms with Crippen LogP contribution in [0.15, 0.2) is 47.1 Å². The van der Waals surface area contributed by atoms with Gasteiger partial charge in [0.05, 0.1) is 18.8 Å². The maximum Gasteiger partial charge on any atom is 0.220 e. The van der Waals surface area contributed by atoms with Crippen molar-refractivity contribution >= 4 is 5.91 Å². The molecular weight excluding hydrogens is 271 g/mol. The summed E-state index contributed by atoms with van der Waals surface area (Å²) < 4.78 is 19.3. The fourth-order valence-electron chi connectivity index (χ4n) is 2.69. The molecule has 0 saturated carbocycles. The lowest BCUT2D eigenvalue weighted by Crippen LogP contribution is -2.48. The Labute approximate surface area is 122 Å². The van der Waals surface area contributed by atoms with Gasteiger partial charge in [-0.15, -0.1) is 0 Å². The van der Waals surface area contributed by atoms with Gasteiger partial charge in [0, 0.05) is 18.0 Å². The molecule has 3 rings (SSSR count). The Balaban J connectivity index is 1.76. The average molecular weight is 288 g/mol. The molecule has 2 N–H and O–H groups in total. The van der Waals surface area contributed by atoms with Crippen molar-refractivity contribution in [3.05, 3.63) is 59.8 Å². The monoisotopic (exact) mass is 288 g/mol. The van der Waals surface area contributed by atoms with Crippen molar-refractivity contribution in [3.8, 4) is 0 Å². The van der Waals surface area contributed by atoms with Crippen molar-refractivity contribution in [1.29, 1.82) is 0 Å². The summed E-state index contributed by atoms with van der Waals surface area (Å²) in [5.74, 6) is 0.480. The first kappa shape index (κ1) is 13.8. The summed E-state index contributed by atoms with van der Waals surface area (Å²) in [6.07, 6.45) is 2.74. The molecule has 1 saturated heterocycles. The fraction of sp³-hybridized carbons (Fsp3) is 0.312. The highest BCUT2D eigenvalue weighted by Crippen LogP contribution is 2.26. The van der Waals surface area contributed by atoms with Crippen LogP contribution < -0.4 is 10.6 Å². The van der Waals surface area contributed by atoms with E-state index in [1.165, 1.54) is 6.07 Å². The first-order chi connectivity index (χ1) is 10.2. The van der Waals surface area contributed by atoms with E-state index in [0.717, 1.165) is 5.76 Å². The number of carbonyl (C=O) groups is 1. The lowest BCUT2D eigenvalue weighted by molar-refractivity contribution is -0.123. The van der Waals surface area contributed by atoms with Crippen LogP contribution in [-0.2, 0) is 11.3 Å². The maximum absolute atomic E-state index is 14.0. The van der Waals surface area contributed by atoms with Gasteiger partial charge in [0.2, 0.25) is 5.91 Å². The van der Waals surface area contributed by atoms with E-state index in [0.29, 0.717) is 24.9 Å². The summed E-state index contributed by atoms with van der Waals surface area (Å²) in [5, 5.41) is 6.23. The van der Waals surface area contributed by atoms with E-state index in [9.17, 15) is 9.18 Å². The molecule has 1 aromatic heterocycles. The largest absolute Gasteiger partial charge is 0.468 e. The number of carbonyl (C=O) groups excluding carboxylic acids is 1. The van der Waals surface area contributed by atoms with Crippen molar-refractivity contribution in [2.45, 2.75) is 31.5 Å². The van der Waals surface area contributed by atoms with Gasteiger partial charge < -0.3 is 15.1 Å². The minimum absolute atomic E-state index is 0.0234. The molecule has 1 amide bonds. The summed E-state index contributed by atoms with van der Waals surface area (Å²) in [6, 6.07) is 9.89. The molecule has 2 aromatic rings. The Hall–Kier alpha value is -2.14. The molecule has 0 bridgehead atoms. The van der Waals surface area contributed by atoms with E-state index in [2.05, 4.69) is 10.6 Å². The van der Waals surface area contributed by atoms with Crippen molar-refractivity contribution < 1.29 is 13.6 Å². The van der Waals surface area contributed by atoms with E-state index < -0.39 is 0 Å². The first-order valence-corrected chi connectivity index (χ1v) is 7.03. The summed E-state index contributed by atoms with van der Waals surface area (Å²) in [7, 11) is 0. The molecule has 110 valence electrons. The molecule has 1 fully saturated rings. The van der Waals surface area contributed by atoms with Crippen LogP contribution in [0, 0.1) is 5.82 Å². The quantitative estimate of drug-likeness (QED) is 0.909. The smallest absolute Gasteiger partial charge is 0.220 e. The molecule has 2 atom stereocenters. The van der Waals surface area contributed by atoms with Gasteiger partial charge in [-0.3, -0.25) is 4.79 Å². The number of furan rings is 1. The molecule has 0 spiro atoms. The molecular formula is C16H17FN2O2. The summed E-state index contributed by atoms with van der Waals surface area (Å²) in [5.41, 5.74) is 0.516. The lowest BCUT2D eigenvalue weighted by atomic mass is 9.91. The zero-order valence-electron chi connectivity index (χ0n) is 11.5. The highest BCUT2D eigenvalue weighted by molar-refractivity contribution is 5.77. The zero-order chi connectivity index (χ0) is 14.7. The van der Waals surface area contributed by atoms with E-state index in [1.54, 1.807) is 24.5 Å². The van der Waals surface area contributed by atoms with Crippen LogP contribution in [0.4, 0.5) is 4.39 Å². The number of piperidine rings is 1. The Bertz CT molecular complexity index is 612. The third kappa shape index (κ3) is 3.13. The lowest BCUT2D eigenvalue weighted by Gasteiger charge is -2.33. The zero-order valence-corrected chi connectivity index (χ0v) is 11.5. The minimum atomic E-state index is -0.359. The Kier molecular flexibility index (Phi) is 4.01. The average Bonchev–Trinajstić information content (AvgIpc) is 3.00. The van der Waals surface area contributed by atoms with Crippen LogP contribution in [0.2, 0.25) is 0 Å². The summed E-state index contributed by atoms with van der Waals surface area (Å²) >= 11 is 0. The second-order valence-electron chi connectivity index (χ2n) is 5.17. The normalized spacial score (nSPS) is 22.0. The van der Waals surface area contributed by atoms with Crippen molar-refractivity contribution in [2.75, 3.05) is 0 Å². The van der Waals surface area contributed by atoms with E-state index in [4.69, 9.17) is 4.42 Å². The van der Waals surface area contributed by atoms with Gasteiger partial charge in [-0.05, 0) is 24.6 Å². The molecule has 1 aliphatic rings. The van der Waals surface area contributed by atoms with Gasteiger partial charge in [0.1, 0.15) is 11.6 Å². The van der Waals surface area contributed by atoms with Gasteiger partial charge in [-0.2, -0.15) is 0 Å². The SMILES string of the molecule is O=C1CC[C@@H](NCc2ccco2)[C@H](c2ccccc2F)N1. The van der Waals surface area contributed by atoms with Gasteiger partial charge in [0.25, 0.3) is 0 Å². The number of halogens is 1. The molecule has 0 unspecified atom stereocenters. The highest BCUT2D eigenvalue weighted by Gasteiger charge is 2.31. The van der Waals surface area contributed by atoms with E-state index in [1.807, 2.05) is 12.1 Å². The third-order valence-electron chi connectivity index (χ3n) is 3.76. The molecule has 21 heavy (non-hydrogen) atoms. The van der Waals surface area contributed by atoms with Crippen molar-refractivity contribution in [3.63, 3.8) is 0 Å². The summed E-state index contributed by atoms with van der Waals surface area (Å²) in [6.45, 7) is 0.554. The minimum Gasteiger partial charge on any atom is -0.468 e. The van der Waals surface area contributed by atoms with E-state index in [-0.39, 0.29) is 23.8 Å². The molecule has 0 radical (unpaired) electrons. The van der Waals surface area contributed by atoms with Crippen molar-refractivity contribution in [1.82, 2.24) is 10.6 Å². The number of amides is 1. The van der Waals surface area contributed by atoms with Crippen LogP contribution in [0.3, 0.4) is 0 Å². The maximum atomic E-state index is 14.0. The number of hydrogen-bond donors (Lipinski definition) is 2. The molecule has 2 heterocycles. The molecule has 4 nitrogen and oxygen atoms in total. The van der Waals surface area contributed by atoms with Gasteiger partial charge in [-0.1, -0.05) is 18.2 Å². The van der Waals surface area contributed by atoms with Crippen molar-refractivity contribution in [2.24, 2.45) is 0 Å². The van der Waals surface area contributed by atoms with Gasteiger partial charge in [0.15, 0.2) is 0 Å². The predicted molar refractivity (Wildman–Crippen MR) is 75.9 cm³/mol. The third-order valence-corrected chi connectivity index (χ3v) is 3.76. The van der Waals surface area contributed by atoms with Crippen LogP contribution >= 0.6 is 0 Å².